The van der Waals surface area contributed by atoms with Crippen LogP contribution in [0.3, 0.4) is 0 Å². The smallest absolute Gasteiger partial charge is 0.319 e. The lowest BCUT2D eigenvalue weighted by Gasteiger charge is -2.51. The number of rotatable bonds is 4. The lowest BCUT2D eigenvalue weighted by molar-refractivity contribution is 0.0153. The third-order valence-corrected chi connectivity index (χ3v) is 6.61. The van der Waals surface area contributed by atoms with Gasteiger partial charge in [-0.1, -0.05) is 49.6 Å². The second kappa shape index (κ2) is 8.36. The van der Waals surface area contributed by atoms with Crippen LogP contribution < -0.4 is 5.32 Å². The number of carbonyl (C=O) groups is 1. The molecule has 1 heterocycles. The molecule has 4 rings (SSSR count). The van der Waals surface area contributed by atoms with Crippen molar-refractivity contribution in [3.8, 4) is 6.07 Å². The zero-order valence-corrected chi connectivity index (χ0v) is 16.3. The summed E-state index contributed by atoms with van der Waals surface area (Å²) < 4.78 is 0. The highest BCUT2D eigenvalue weighted by molar-refractivity contribution is 5.78. The van der Waals surface area contributed by atoms with Crippen LogP contribution in [0.25, 0.3) is 5.57 Å². The predicted octanol–water partition coefficient (Wildman–Crippen LogP) is 3.95. The largest absolute Gasteiger partial charge is 0.394 e. The molecular weight excluding hydrogens is 350 g/mol. The Morgan fingerprint density at radius 3 is 2.54 bits per heavy atom. The average Bonchev–Trinajstić information content (AvgIpc) is 3.24. The van der Waals surface area contributed by atoms with E-state index in [2.05, 4.69) is 41.7 Å². The first-order valence-electron chi connectivity index (χ1n) is 10.6. The van der Waals surface area contributed by atoms with Crippen molar-refractivity contribution in [1.82, 2.24) is 10.2 Å². The summed E-state index contributed by atoms with van der Waals surface area (Å²) in [6.07, 6.45) is 11.3. The normalized spacial score (nSPS) is 27.6. The summed E-state index contributed by atoms with van der Waals surface area (Å²) in [5.41, 5.74) is 3.65. The molecule has 2 amide bonds. The first-order valence-corrected chi connectivity index (χ1v) is 10.6. The molecule has 3 atom stereocenters. The van der Waals surface area contributed by atoms with Crippen molar-refractivity contribution in [2.75, 3.05) is 6.61 Å². The number of hydrogen-bond donors (Lipinski definition) is 2. The lowest BCUT2D eigenvalue weighted by Crippen LogP contribution is -2.67. The molecule has 1 saturated carbocycles. The Bertz CT molecular complexity index is 774. The summed E-state index contributed by atoms with van der Waals surface area (Å²) in [5, 5.41) is 22.7. The molecule has 3 aliphatic rings. The Morgan fingerprint density at radius 1 is 1.18 bits per heavy atom. The number of aliphatic hydroxyl groups is 1. The monoisotopic (exact) mass is 379 g/mol. The highest BCUT2D eigenvalue weighted by atomic mass is 16.3. The molecule has 2 N–H and O–H groups in total. The predicted molar refractivity (Wildman–Crippen MR) is 109 cm³/mol. The topological polar surface area (TPSA) is 76.4 Å². The van der Waals surface area contributed by atoms with E-state index in [1.807, 2.05) is 0 Å². The van der Waals surface area contributed by atoms with Gasteiger partial charge in [-0.3, -0.25) is 0 Å². The Kier molecular flexibility index (Phi) is 5.68. The van der Waals surface area contributed by atoms with Crippen LogP contribution in [0.4, 0.5) is 4.79 Å². The number of nitrogens with one attached hydrogen (secondary N) is 1. The number of nitriles is 1. The molecular formula is C23H29N3O2. The van der Waals surface area contributed by atoms with E-state index in [9.17, 15) is 15.2 Å². The van der Waals surface area contributed by atoms with Crippen LogP contribution in [0.15, 0.2) is 30.3 Å². The van der Waals surface area contributed by atoms with E-state index in [1.54, 1.807) is 4.90 Å². The number of likely N-dealkylation sites (tertiary alicyclic amines) is 1. The van der Waals surface area contributed by atoms with Crippen LogP contribution in [0.1, 0.15) is 68.4 Å². The van der Waals surface area contributed by atoms with Crippen molar-refractivity contribution >= 4 is 11.6 Å². The summed E-state index contributed by atoms with van der Waals surface area (Å²) in [6, 6.07) is 9.75. The third kappa shape index (κ3) is 3.54. The second-order valence-corrected chi connectivity index (χ2v) is 8.28. The van der Waals surface area contributed by atoms with Gasteiger partial charge in [0.2, 0.25) is 0 Å². The molecule has 28 heavy (non-hydrogen) atoms. The maximum atomic E-state index is 12.8. The molecule has 1 aromatic rings. The van der Waals surface area contributed by atoms with Crippen molar-refractivity contribution < 1.29 is 9.90 Å². The molecule has 0 aromatic heterocycles. The van der Waals surface area contributed by atoms with Gasteiger partial charge in [-0.15, -0.1) is 0 Å². The van der Waals surface area contributed by atoms with Gasteiger partial charge < -0.3 is 15.3 Å². The number of benzene rings is 1. The van der Waals surface area contributed by atoms with Gasteiger partial charge in [0.15, 0.2) is 0 Å². The van der Waals surface area contributed by atoms with E-state index in [4.69, 9.17) is 0 Å². The summed E-state index contributed by atoms with van der Waals surface area (Å²) in [5.74, 6) is -0.140. The van der Waals surface area contributed by atoms with E-state index in [-0.39, 0.29) is 30.6 Å². The van der Waals surface area contributed by atoms with Crippen LogP contribution >= 0.6 is 0 Å². The Morgan fingerprint density at radius 2 is 1.93 bits per heavy atom. The Balaban J connectivity index is 1.47. The zero-order valence-electron chi connectivity index (χ0n) is 16.3. The standard InChI is InChI=1S/C23H29N3O2/c24-14-20-22(18-12-10-17(11-13-18)16-6-4-5-7-16)21(15-27)26(20)23(28)25-19-8-2-1-3-9-19/h6,10-13,19-22,27H,1-5,7-9,15H2,(H,25,28)/t20-,21+,22+/m1/s1. The van der Waals surface area contributed by atoms with Crippen molar-refractivity contribution in [3.63, 3.8) is 0 Å². The molecule has 2 aliphatic carbocycles. The maximum absolute atomic E-state index is 12.8. The molecule has 0 spiro atoms. The Labute approximate surface area is 167 Å². The van der Waals surface area contributed by atoms with Gasteiger partial charge in [-0.05, 0) is 48.8 Å². The first kappa shape index (κ1) is 19.0. The minimum Gasteiger partial charge on any atom is -0.394 e. The molecule has 148 valence electrons. The van der Waals surface area contributed by atoms with E-state index in [0.717, 1.165) is 44.1 Å². The summed E-state index contributed by atoms with van der Waals surface area (Å²) >= 11 is 0. The van der Waals surface area contributed by atoms with Crippen molar-refractivity contribution in [2.45, 2.75) is 75.4 Å². The molecule has 0 radical (unpaired) electrons. The number of allylic oxidation sites excluding steroid dienone is 2. The summed E-state index contributed by atoms with van der Waals surface area (Å²) in [6.45, 7) is -0.131. The van der Waals surface area contributed by atoms with Gasteiger partial charge in [0.25, 0.3) is 0 Å². The molecule has 1 saturated heterocycles. The van der Waals surface area contributed by atoms with Crippen LogP contribution in [0, 0.1) is 11.3 Å². The number of aliphatic hydroxyl groups excluding tert-OH is 1. The lowest BCUT2D eigenvalue weighted by atomic mass is 9.75. The van der Waals surface area contributed by atoms with Gasteiger partial charge in [-0.2, -0.15) is 5.26 Å². The fraction of sp³-hybridized carbons (Fsp3) is 0.565. The highest BCUT2D eigenvalue weighted by Crippen LogP contribution is 2.41. The SMILES string of the molecule is N#C[C@@H]1[C@H](c2ccc(C3=CCCC3)cc2)[C@H](CO)N1C(=O)NC1CCCCC1. The molecule has 0 bridgehead atoms. The summed E-state index contributed by atoms with van der Waals surface area (Å²) in [4.78, 5) is 14.3. The van der Waals surface area contributed by atoms with Crippen molar-refractivity contribution in [3.05, 3.63) is 41.5 Å². The minimum absolute atomic E-state index is 0.131. The molecule has 2 fully saturated rings. The van der Waals surface area contributed by atoms with Gasteiger partial charge in [0, 0.05) is 12.0 Å². The number of urea groups is 1. The van der Waals surface area contributed by atoms with Crippen LogP contribution in [0.2, 0.25) is 0 Å². The maximum Gasteiger partial charge on any atom is 0.319 e. The number of nitrogens with zero attached hydrogens (tertiary/aromatic N) is 2. The molecule has 5 heteroatoms. The van der Waals surface area contributed by atoms with Crippen LogP contribution in [-0.2, 0) is 0 Å². The minimum atomic E-state index is -0.530. The fourth-order valence-electron chi connectivity index (χ4n) is 5.04. The van der Waals surface area contributed by atoms with Gasteiger partial charge in [0.05, 0.1) is 18.7 Å². The van der Waals surface area contributed by atoms with E-state index < -0.39 is 6.04 Å². The van der Waals surface area contributed by atoms with Crippen molar-refractivity contribution in [1.29, 1.82) is 5.26 Å². The van der Waals surface area contributed by atoms with Gasteiger partial charge >= 0.3 is 6.03 Å². The van der Waals surface area contributed by atoms with Crippen LogP contribution in [0.5, 0.6) is 0 Å². The second-order valence-electron chi connectivity index (χ2n) is 8.28. The third-order valence-electron chi connectivity index (χ3n) is 6.61. The van der Waals surface area contributed by atoms with E-state index in [1.165, 1.54) is 24.0 Å². The molecule has 1 aromatic carbocycles. The van der Waals surface area contributed by atoms with Crippen LogP contribution in [-0.4, -0.2) is 40.8 Å². The number of amides is 2. The van der Waals surface area contributed by atoms with E-state index in [0.29, 0.717) is 0 Å². The quantitative estimate of drug-likeness (QED) is 0.832. The first-order chi connectivity index (χ1) is 13.7. The Hall–Kier alpha value is -2.32. The average molecular weight is 380 g/mol. The molecule has 5 nitrogen and oxygen atoms in total. The highest BCUT2D eigenvalue weighted by Gasteiger charge is 2.52. The molecule has 0 unspecified atom stereocenters. The zero-order chi connectivity index (χ0) is 19.5. The summed E-state index contributed by atoms with van der Waals surface area (Å²) in [7, 11) is 0. The number of carbonyl (C=O) groups excluding carboxylic acids is 1. The van der Waals surface area contributed by atoms with Gasteiger partial charge in [-0.25, -0.2) is 4.79 Å². The van der Waals surface area contributed by atoms with E-state index >= 15 is 0 Å². The number of hydrogen-bond acceptors (Lipinski definition) is 3. The van der Waals surface area contributed by atoms with Crippen molar-refractivity contribution in [2.24, 2.45) is 0 Å². The van der Waals surface area contributed by atoms with Gasteiger partial charge in [0.1, 0.15) is 6.04 Å². The fourth-order valence-corrected chi connectivity index (χ4v) is 5.04. The molecule has 1 aliphatic heterocycles.